The first-order valence-corrected chi connectivity index (χ1v) is 24.4. The van der Waals surface area contributed by atoms with E-state index in [9.17, 15) is 37.2 Å². The zero-order valence-corrected chi connectivity index (χ0v) is 38.0. The second kappa shape index (κ2) is 19.8. The van der Waals surface area contributed by atoms with E-state index >= 15 is 0 Å². The topological polar surface area (TPSA) is 195 Å². The lowest BCUT2D eigenvalue weighted by Crippen LogP contribution is -2.52. The number of hydrogen-bond donors (Lipinski definition) is 2. The van der Waals surface area contributed by atoms with Crippen molar-refractivity contribution in [3.8, 4) is 17.2 Å². The molecule has 2 N–H and O–H groups in total. The van der Waals surface area contributed by atoms with Gasteiger partial charge >= 0.3 is 0 Å². The van der Waals surface area contributed by atoms with Crippen LogP contribution in [-0.2, 0) is 50.2 Å². The van der Waals surface area contributed by atoms with E-state index in [1.807, 2.05) is 17.5 Å². The van der Waals surface area contributed by atoms with Gasteiger partial charge in [-0.1, -0.05) is 37.5 Å². The van der Waals surface area contributed by atoms with Crippen LogP contribution in [0.3, 0.4) is 0 Å². The Morgan fingerprint density at radius 1 is 0.875 bits per heavy atom. The standard InChI is InChI=1S/C47H52N4O11S2/c1-5-61-40-23-31(15-19-39(40)60-3)38(27-64(4,58)59)51-46(56)33-21-30(22-36(48-28(2)52)43(33)47(51)57)12-10-8-6-7-9-11-29-13-16-32(17-14-29)62-25-41-34-24-50(45(55)35(34)26-63-41)37-18-20-42(53)49-44(37)54/h13-17,19,21-23,26,37-38H,5-12,18,20,24-25,27H2,1-4H3,(H,48,52)(H,49,53,54)/t37?,38-/m1/s1. The lowest BCUT2D eigenvalue weighted by atomic mass is 9.98. The number of carbonyl (C=O) groups excluding carboxylic acids is 6. The van der Waals surface area contributed by atoms with Crippen molar-refractivity contribution in [2.75, 3.05) is 31.0 Å². The normalized spacial score (nSPS) is 16.4. The number of nitrogens with zero attached hydrogens (tertiary/aromatic N) is 2. The Balaban J connectivity index is 0.902. The molecule has 3 aliphatic rings. The van der Waals surface area contributed by atoms with Crippen LogP contribution in [0.2, 0.25) is 0 Å². The number of hydrogen-bond acceptors (Lipinski definition) is 12. The highest BCUT2D eigenvalue weighted by Crippen LogP contribution is 2.40. The van der Waals surface area contributed by atoms with Crippen molar-refractivity contribution in [3.63, 3.8) is 0 Å². The Labute approximate surface area is 376 Å². The molecule has 3 aromatic carbocycles. The predicted molar refractivity (Wildman–Crippen MR) is 239 cm³/mol. The molecular weight excluding hydrogens is 861 g/mol. The number of carbonyl (C=O) groups is 6. The molecule has 4 heterocycles. The zero-order valence-electron chi connectivity index (χ0n) is 36.3. The van der Waals surface area contributed by atoms with E-state index in [2.05, 4.69) is 22.8 Å². The smallest absolute Gasteiger partial charge is 0.264 e. The number of ether oxygens (including phenoxy) is 3. The zero-order chi connectivity index (χ0) is 45.7. The molecule has 0 bridgehead atoms. The fourth-order valence-corrected chi connectivity index (χ4v) is 10.4. The van der Waals surface area contributed by atoms with Gasteiger partial charge in [0.15, 0.2) is 11.5 Å². The number of sulfone groups is 1. The number of benzene rings is 3. The molecule has 1 saturated heterocycles. The van der Waals surface area contributed by atoms with Gasteiger partial charge in [0.1, 0.15) is 28.2 Å². The van der Waals surface area contributed by atoms with Crippen molar-refractivity contribution >= 4 is 62.3 Å². The van der Waals surface area contributed by atoms with Crippen LogP contribution in [0.5, 0.6) is 17.2 Å². The number of amides is 6. The molecule has 17 heteroatoms. The fourth-order valence-electron chi connectivity index (χ4n) is 8.55. The molecular formula is C47H52N4O11S2. The molecule has 1 unspecified atom stereocenters. The van der Waals surface area contributed by atoms with Gasteiger partial charge in [0, 0.05) is 42.0 Å². The SMILES string of the molecule is CCOc1cc([C@@H](CS(C)(=O)=O)N2C(=O)c3cc(CCCCCCCc4ccc(OCc5scc6c5CN(C5CCC(=O)NC5=O)C6=O)cc4)cc(NC(C)=O)c3C2=O)ccc1OC. The Morgan fingerprint density at radius 3 is 2.27 bits per heavy atom. The number of piperidine rings is 1. The van der Waals surface area contributed by atoms with E-state index < -0.39 is 51.3 Å². The maximum Gasteiger partial charge on any atom is 0.264 e. The first-order valence-electron chi connectivity index (χ1n) is 21.4. The van der Waals surface area contributed by atoms with E-state index in [0.29, 0.717) is 61.0 Å². The first kappa shape index (κ1) is 45.9. The molecule has 0 saturated carbocycles. The molecule has 64 heavy (non-hydrogen) atoms. The monoisotopic (exact) mass is 912 g/mol. The van der Waals surface area contributed by atoms with Crippen LogP contribution in [0, 0.1) is 0 Å². The van der Waals surface area contributed by atoms with Gasteiger partial charge in [0.25, 0.3) is 17.7 Å². The average Bonchev–Trinajstić information content (AvgIpc) is 3.88. The van der Waals surface area contributed by atoms with Crippen molar-refractivity contribution in [2.45, 2.75) is 96.9 Å². The number of unbranched alkanes of at least 4 members (excludes halogenated alkanes) is 4. The predicted octanol–water partition coefficient (Wildman–Crippen LogP) is 6.57. The number of methoxy groups -OCH3 is 1. The first-order chi connectivity index (χ1) is 30.6. The highest BCUT2D eigenvalue weighted by atomic mass is 32.2. The van der Waals surface area contributed by atoms with E-state index in [1.54, 1.807) is 42.2 Å². The molecule has 0 radical (unpaired) electrons. The third-order valence-electron chi connectivity index (χ3n) is 11.6. The van der Waals surface area contributed by atoms with Crippen molar-refractivity contribution < 1.29 is 51.4 Å². The Bertz CT molecular complexity index is 2590. The number of aryl methyl sites for hydroxylation is 2. The third kappa shape index (κ3) is 10.3. The highest BCUT2D eigenvalue weighted by molar-refractivity contribution is 7.90. The highest BCUT2D eigenvalue weighted by Gasteiger charge is 2.44. The summed E-state index contributed by atoms with van der Waals surface area (Å²) in [6, 6.07) is 14.4. The van der Waals surface area contributed by atoms with Crippen LogP contribution < -0.4 is 24.8 Å². The fraction of sp³-hybridized carbons (Fsp3) is 0.404. The minimum absolute atomic E-state index is 0.0315. The molecule has 0 aliphatic carbocycles. The third-order valence-corrected chi connectivity index (χ3v) is 13.6. The van der Waals surface area contributed by atoms with Crippen molar-refractivity contribution in [1.82, 2.24) is 15.1 Å². The van der Waals surface area contributed by atoms with Gasteiger partial charge in [-0.05, 0) is 92.1 Å². The maximum atomic E-state index is 14.1. The van der Waals surface area contributed by atoms with Gasteiger partial charge < -0.3 is 24.4 Å². The maximum absolute atomic E-state index is 14.1. The Kier molecular flexibility index (Phi) is 14.2. The van der Waals surface area contributed by atoms with Gasteiger partial charge in [-0.15, -0.1) is 11.3 Å². The number of nitrogens with one attached hydrogen (secondary N) is 2. The van der Waals surface area contributed by atoms with E-state index in [1.165, 1.54) is 30.9 Å². The lowest BCUT2D eigenvalue weighted by Gasteiger charge is -2.29. The van der Waals surface area contributed by atoms with Crippen molar-refractivity contribution in [2.24, 2.45) is 0 Å². The molecule has 1 aromatic heterocycles. The van der Waals surface area contributed by atoms with Gasteiger partial charge in [0.05, 0.1) is 47.9 Å². The van der Waals surface area contributed by atoms with Crippen molar-refractivity contribution in [1.29, 1.82) is 0 Å². The summed E-state index contributed by atoms with van der Waals surface area (Å²) in [5, 5.41) is 6.87. The Morgan fingerprint density at radius 2 is 1.59 bits per heavy atom. The van der Waals surface area contributed by atoms with Gasteiger partial charge in [0.2, 0.25) is 17.7 Å². The van der Waals surface area contributed by atoms with Crippen LogP contribution in [-0.4, -0.2) is 85.4 Å². The summed E-state index contributed by atoms with van der Waals surface area (Å²) in [4.78, 5) is 81.0. The molecule has 2 atom stereocenters. The summed E-state index contributed by atoms with van der Waals surface area (Å²) in [5.74, 6) is -1.72. The minimum atomic E-state index is -3.70. The number of rotatable bonds is 20. The summed E-state index contributed by atoms with van der Waals surface area (Å²) in [6.07, 6.45) is 7.82. The van der Waals surface area contributed by atoms with Crippen LogP contribution in [0.15, 0.2) is 60.0 Å². The van der Waals surface area contributed by atoms with Gasteiger partial charge in [-0.2, -0.15) is 0 Å². The van der Waals surface area contributed by atoms with E-state index in [-0.39, 0.29) is 35.0 Å². The van der Waals surface area contributed by atoms with Crippen molar-refractivity contribution in [3.05, 3.63) is 104 Å². The minimum Gasteiger partial charge on any atom is -0.493 e. The second-order valence-electron chi connectivity index (χ2n) is 16.3. The number of anilines is 1. The molecule has 0 spiro atoms. The molecule has 3 aliphatic heterocycles. The molecule has 6 amide bonds. The summed E-state index contributed by atoms with van der Waals surface area (Å²) in [5.41, 5.74) is 4.17. The number of imide groups is 2. The quantitative estimate of drug-likeness (QED) is 0.0719. The van der Waals surface area contributed by atoms with Crippen LogP contribution in [0.25, 0.3) is 0 Å². The second-order valence-corrected chi connectivity index (χ2v) is 19.5. The molecule has 4 aromatic rings. The van der Waals surface area contributed by atoms with Gasteiger partial charge in [-0.25, -0.2) is 8.42 Å². The molecule has 7 rings (SSSR count). The largest absolute Gasteiger partial charge is 0.493 e. The summed E-state index contributed by atoms with van der Waals surface area (Å²) in [6.45, 7) is 4.04. The Hall–Kier alpha value is -6.07. The van der Waals surface area contributed by atoms with Crippen LogP contribution in [0.1, 0.15) is 123 Å². The average molecular weight is 913 g/mol. The van der Waals surface area contributed by atoms with Crippen LogP contribution in [0.4, 0.5) is 5.69 Å². The van der Waals surface area contributed by atoms with Gasteiger partial charge in [-0.3, -0.25) is 39.0 Å². The number of fused-ring (bicyclic) bond motifs is 2. The molecule has 1 fully saturated rings. The summed E-state index contributed by atoms with van der Waals surface area (Å²) in [7, 11) is -2.22. The summed E-state index contributed by atoms with van der Waals surface area (Å²) >= 11 is 1.46. The van der Waals surface area contributed by atoms with E-state index in [4.69, 9.17) is 14.2 Å². The number of thiophene rings is 1. The van der Waals surface area contributed by atoms with Crippen LogP contribution >= 0.6 is 11.3 Å². The lowest BCUT2D eigenvalue weighted by molar-refractivity contribution is -0.137. The molecule has 338 valence electrons. The van der Waals surface area contributed by atoms with E-state index in [0.717, 1.165) is 65.7 Å². The summed E-state index contributed by atoms with van der Waals surface area (Å²) < 4.78 is 42.6. The molecule has 15 nitrogen and oxygen atoms in total.